The average Bonchev–Trinajstić information content (AvgIpc) is 3.30. The van der Waals surface area contributed by atoms with Crippen LogP contribution in [-0.2, 0) is 4.79 Å². The topological polar surface area (TPSA) is 62.1 Å². The zero-order valence-electron chi connectivity index (χ0n) is 12.9. The highest BCUT2D eigenvalue weighted by Gasteiger charge is 2.31. The molecule has 4 rings (SSSR count). The van der Waals surface area contributed by atoms with Gasteiger partial charge in [0.2, 0.25) is 5.91 Å². The van der Waals surface area contributed by atoms with Gasteiger partial charge in [-0.25, -0.2) is 9.37 Å². The summed E-state index contributed by atoms with van der Waals surface area (Å²) >= 11 is 0. The maximum atomic E-state index is 13.3. The van der Waals surface area contributed by atoms with Crippen molar-refractivity contribution in [3.63, 3.8) is 0 Å². The molecule has 1 unspecified atom stereocenters. The van der Waals surface area contributed by atoms with Gasteiger partial charge in [-0.3, -0.25) is 4.79 Å². The molecule has 1 N–H and O–H groups in total. The van der Waals surface area contributed by atoms with Crippen molar-refractivity contribution in [1.82, 2.24) is 14.9 Å². The van der Waals surface area contributed by atoms with E-state index >= 15 is 0 Å². The van der Waals surface area contributed by atoms with Gasteiger partial charge in [0.25, 0.3) is 0 Å². The third-order valence-electron chi connectivity index (χ3n) is 4.25. The molecule has 122 valence electrons. The van der Waals surface area contributed by atoms with Crippen molar-refractivity contribution in [2.45, 2.75) is 18.9 Å². The second kappa shape index (κ2) is 5.96. The van der Waals surface area contributed by atoms with Gasteiger partial charge in [0.15, 0.2) is 0 Å². The molecular weight excluding hydrogens is 309 g/mol. The van der Waals surface area contributed by atoms with Crippen molar-refractivity contribution in [2.75, 3.05) is 6.54 Å². The number of benzene rings is 1. The molecule has 0 bridgehead atoms. The second-order valence-electron chi connectivity index (χ2n) is 5.82. The van der Waals surface area contributed by atoms with Gasteiger partial charge in [-0.15, -0.1) is 0 Å². The molecule has 1 amide bonds. The minimum atomic E-state index is -0.307. The SMILES string of the molecule is O=C(/C=C/c1ccco1)N1CCCC1c1nc2ccc(F)cc2[nH]1. The van der Waals surface area contributed by atoms with Gasteiger partial charge in [-0.1, -0.05) is 0 Å². The monoisotopic (exact) mass is 325 g/mol. The Hall–Kier alpha value is -2.89. The van der Waals surface area contributed by atoms with E-state index < -0.39 is 0 Å². The molecule has 0 aliphatic carbocycles. The third kappa shape index (κ3) is 2.71. The van der Waals surface area contributed by atoms with Crippen LogP contribution in [0.4, 0.5) is 4.39 Å². The number of amides is 1. The fraction of sp³-hybridized carbons (Fsp3) is 0.222. The maximum Gasteiger partial charge on any atom is 0.247 e. The largest absolute Gasteiger partial charge is 0.465 e. The number of likely N-dealkylation sites (tertiary alicyclic amines) is 1. The Bertz CT molecular complexity index is 898. The van der Waals surface area contributed by atoms with E-state index in [1.165, 1.54) is 18.2 Å². The number of carbonyl (C=O) groups is 1. The number of hydrogen-bond donors (Lipinski definition) is 1. The van der Waals surface area contributed by atoms with Crippen LogP contribution < -0.4 is 0 Å². The highest BCUT2D eigenvalue weighted by molar-refractivity contribution is 5.92. The molecule has 6 heteroatoms. The van der Waals surface area contributed by atoms with Crippen molar-refractivity contribution in [3.05, 3.63) is 60.1 Å². The minimum absolute atomic E-state index is 0.0828. The van der Waals surface area contributed by atoms with Crippen LogP contribution in [0.1, 0.15) is 30.5 Å². The van der Waals surface area contributed by atoms with E-state index in [-0.39, 0.29) is 17.8 Å². The van der Waals surface area contributed by atoms with Gasteiger partial charge in [-0.05, 0) is 49.2 Å². The molecule has 1 saturated heterocycles. The summed E-state index contributed by atoms with van der Waals surface area (Å²) in [5, 5.41) is 0. The first-order chi connectivity index (χ1) is 11.7. The molecule has 2 aromatic heterocycles. The van der Waals surface area contributed by atoms with Gasteiger partial charge in [0.1, 0.15) is 17.4 Å². The zero-order chi connectivity index (χ0) is 16.5. The van der Waals surface area contributed by atoms with Crippen LogP contribution in [0.5, 0.6) is 0 Å². The fourth-order valence-corrected chi connectivity index (χ4v) is 3.11. The Morgan fingerprint density at radius 2 is 2.33 bits per heavy atom. The molecule has 0 spiro atoms. The van der Waals surface area contributed by atoms with Crippen LogP contribution in [0.25, 0.3) is 17.1 Å². The lowest BCUT2D eigenvalue weighted by molar-refractivity contribution is -0.127. The van der Waals surface area contributed by atoms with Gasteiger partial charge < -0.3 is 14.3 Å². The quantitative estimate of drug-likeness (QED) is 0.747. The normalized spacial score (nSPS) is 18.0. The predicted molar refractivity (Wildman–Crippen MR) is 87.5 cm³/mol. The van der Waals surface area contributed by atoms with E-state index in [1.807, 2.05) is 0 Å². The molecule has 1 atom stereocenters. The van der Waals surface area contributed by atoms with Crippen LogP contribution in [0.15, 0.2) is 47.1 Å². The van der Waals surface area contributed by atoms with Crippen LogP contribution in [0.3, 0.4) is 0 Å². The summed E-state index contributed by atoms with van der Waals surface area (Å²) in [6.07, 6.45) is 6.49. The van der Waals surface area contributed by atoms with Crippen LogP contribution in [0, 0.1) is 5.82 Å². The number of fused-ring (bicyclic) bond motifs is 1. The highest BCUT2D eigenvalue weighted by Crippen LogP contribution is 2.31. The number of rotatable bonds is 3. The number of aromatic amines is 1. The summed E-state index contributed by atoms with van der Waals surface area (Å²) in [6, 6.07) is 7.90. The van der Waals surface area contributed by atoms with E-state index in [0.29, 0.717) is 29.2 Å². The molecule has 3 aromatic rings. The summed E-state index contributed by atoms with van der Waals surface area (Å²) in [5.74, 6) is 0.949. The van der Waals surface area contributed by atoms with E-state index in [2.05, 4.69) is 9.97 Å². The standard InChI is InChI=1S/C18H16FN3O2/c19-12-5-7-14-15(11-12)21-18(20-14)16-4-1-9-22(16)17(23)8-6-13-3-2-10-24-13/h2-3,5-8,10-11,16H,1,4,9H2,(H,20,21)/b8-6+. The summed E-state index contributed by atoms with van der Waals surface area (Å²) in [5.41, 5.74) is 1.35. The third-order valence-corrected chi connectivity index (χ3v) is 4.25. The van der Waals surface area contributed by atoms with Crippen LogP contribution in [-0.4, -0.2) is 27.3 Å². The molecular formula is C18H16FN3O2. The maximum absolute atomic E-state index is 13.3. The van der Waals surface area contributed by atoms with Crippen LogP contribution in [0.2, 0.25) is 0 Å². The van der Waals surface area contributed by atoms with Gasteiger partial charge >= 0.3 is 0 Å². The molecule has 0 saturated carbocycles. The number of H-pyrrole nitrogens is 1. The van der Waals surface area contributed by atoms with Crippen molar-refractivity contribution in [1.29, 1.82) is 0 Å². The Morgan fingerprint density at radius 3 is 3.17 bits per heavy atom. The van der Waals surface area contributed by atoms with Crippen LogP contribution >= 0.6 is 0 Å². The van der Waals surface area contributed by atoms with Crippen molar-refractivity contribution in [2.24, 2.45) is 0 Å². The summed E-state index contributed by atoms with van der Waals surface area (Å²) in [4.78, 5) is 21.9. The Balaban J connectivity index is 1.58. The summed E-state index contributed by atoms with van der Waals surface area (Å²) in [6.45, 7) is 0.678. The van der Waals surface area contributed by atoms with E-state index in [9.17, 15) is 9.18 Å². The first kappa shape index (κ1) is 14.7. The summed E-state index contributed by atoms with van der Waals surface area (Å²) in [7, 11) is 0. The molecule has 1 aromatic carbocycles. The smallest absolute Gasteiger partial charge is 0.247 e. The molecule has 5 nitrogen and oxygen atoms in total. The van der Waals surface area contributed by atoms with Gasteiger partial charge in [0.05, 0.1) is 23.3 Å². The van der Waals surface area contributed by atoms with Gasteiger partial charge in [-0.2, -0.15) is 0 Å². The predicted octanol–water partition coefficient (Wildman–Crippen LogP) is 3.67. The van der Waals surface area contributed by atoms with Crippen molar-refractivity contribution >= 4 is 23.0 Å². The first-order valence-corrected chi connectivity index (χ1v) is 7.88. The number of aromatic nitrogens is 2. The van der Waals surface area contributed by atoms with E-state index in [0.717, 1.165) is 12.8 Å². The molecule has 1 aliphatic rings. The highest BCUT2D eigenvalue weighted by atomic mass is 19.1. The molecule has 1 aliphatic heterocycles. The Kier molecular flexibility index (Phi) is 3.65. The molecule has 1 fully saturated rings. The average molecular weight is 325 g/mol. The zero-order valence-corrected chi connectivity index (χ0v) is 12.9. The summed E-state index contributed by atoms with van der Waals surface area (Å²) < 4.78 is 18.5. The number of halogens is 1. The Morgan fingerprint density at radius 1 is 1.42 bits per heavy atom. The lowest BCUT2D eigenvalue weighted by Crippen LogP contribution is -2.29. The number of nitrogens with zero attached hydrogens (tertiary/aromatic N) is 2. The van der Waals surface area contributed by atoms with E-state index in [4.69, 9.17) is 4.42 Å². The lowest BCUT2D eigenvalue weighted by atomic mass is 10.2. The number of hydrogen-bond acceptors (Lipinski definition) is 3. The fourth-order valence-electron chi connectivity index (χ4n) is 3.11. The van der Waals surface area contributed by atoms with E-state index in [1.54, 1.807) is 35.4 Å². The number of imidazole rings is 1. The molecule has 3 heterocycles. The van der Waals surface area contributed by atoms with Crippen molar-refractivity contribution < 1.29 is 13.6 Å². The van der Waals surface area contributed by atoms with Gasteiger partial charge in [0, 0.05) is 12.6 Å². The Labute approximate surface area is 137 Å². The number of furan rings is 1. The second-order valence-corrected chi connectivity index (χ2v) is 5.82. The number of nitrogens with one attached hydrogen (secondary N) is 1. The molecule has 24 heavy (non-hydrogen) atoms. The molecule has 0 radical (unpaired) electrons. The first-order valence-electron chi connectivity index (χ1n) is 7.88. The minimum Gasteiger partial charge on any atom is -0.465 e. The van der Waals surface area contributed by atoms with Crippen molar-refractivity contribution in [3.8, 4) is 0 Å². The number of carbonyl (C=O) groups excluding carboxylic acids is 1. The lowest BCUT2D eigenvalue weighted by Gasteiger charge is -2.21.